The van der Waals surface area contributed by atoms with Crippen molar-refractivity contribution >= 4 is 12.1 Å². The molecule has 0 unspecified atom stereocenters. The summed E-state index contributed by atoms with van der Waals surface area (Å²) in [6.07, 6.45) is 6.20. The van der Waals surface area contributed by atoms with E-state index in [2.05, 4.69) is 10.3 Å². The molecule has 60 valence electrons. The number of likely N-dealkylation sites (N-methyl/N-ethyl adjacent to an activating group) is 1. The van der Waals surface area contributed by atoms with Gasteiger partial charge in [0.15, 0.2) is 0 Å². The number of hydrogen-bond acceptors (Lipinski definition) is 2. The molecule has 0 radical (unpaired) electrons. The second kappa shape index (κ2) is 3.91. The molecule has 0 aliphatic carbocycles. The van der Waals surface area contributed by atoms with Crippen molar-refractivity contribution in [2.75, 3.05) is 6.54 Å². The van der Waals surface area contributed by atoms with E-state index in [1.165, 1.54) is 0 Å². The van der Waals surface area contributed by atoms with Gasteiger partial charge in [0.25, 0.3) is 0 Å². The molecule has 0 saturated carbocycles. The molecule has 1 N–H and O–H groups in total. The summed E-state index contributed by atoms with van der Waals surface area (Å²) in [7, 11) is 0. The quantitative estimate of drug-likeness (QED) is 0.615. The molecule has 0 bridgehead atoms. The maximum atomic E-state index is 11.1. The van der Waals surface area contributed by atoms with E-state index < -0.39 is 0 Å². The van der Waals surface area contributed by atoms with Crippen LogP contribution in [-0.2, 0) is 4.79 Å². The van der Waals surface area contributed by atoms with Crippen LogP contribution >= 0.6 is 0 Å². The molecule has 1 atom stereocenters. The summed E-state index contributed by atoms with van der Waals surface area (Å²) in [4.78, 5) is 15.2. The molecule has 11 heavy (non-hydrogen) atoms. The number of hydrogen-bond donors (Lipinski definition) is 1. The number of nitrogens with one attached hydrogen (secondary N) is 1. The third-order valence-corrected chi connectivity index (χ3v) is 1.50. The predicted molar refractivity (Wildman–Crippen MR) is 44.7 cm³/mol. The number of amides is 1. The molecule has 0 aromatic carbocycles. The fraction of sp³-hybridized carbons (Fsp3) is 0.500. The molecule has 1 heterocycles. The number of dihydropyridines is 1. The summed E-state index contributed by atoms with van der Waals surface area (Å²) in [5, 5.41) is 2.73. The van der Waals surface area contributed by atoms with Crippen LogP contribution in [0, 0.1) is 0 Å². The number of carbonyl (C=O) groups is 1. The van der Waals surface area contributed by atoms with Crippen LogP contribution in [0.5, 0.6) is 0 Å². The zero-order valence-corrected chi connectivity index (χ0v) is 6.58. The molecule has 0 fully saturated rings. The summed E-state index contributed by atoms with van der Waals surface area (Å²) in [5.74, 6) is 0.0214. The van der Waals surface area contributed by atoms with E-state index in [0.717, 1.165) is 6.42 Å². The first-order valence-electron chi connectivity index (χ1n) is 3.80. The van der Waals surface area contributed by atoms with Gasteiger partial charge in [0, 0.05) is 12.8 Å². The molecular weight excluding hydrogens is 140 g/mol. The Bertz CT molecular complexity index is 196. The summed E-state index contributed by atoms with van der Waals surface area (Å²) in [6, 6.07) is -0.194. The summed E-state index contributed by atoms with van der Waals surface area (Å²) < 4.78 is 0. The van der Waals surface area contributed by atoms with Gasteiger partial charge >= 0.3 is 0 Å². The number of rotatable bonds is 2. The average Bonchev–Trinajstić information content (AvgIpc) is 2.07. The SMILES string of the molecule is CCNC(=O)[C@@H]1CC=CC=N1. The van der Waals surface area contributed by atoms with Crippen LogP contribution in [-0.4, -0.2) is 24.7 Å². The topological polar surface area (TPSA) is 41.5 Å². The van der Waals surface area contributed by atoms with Crippen LogP contribution < -0.4 is 5.32 Å². The normalized spacial score (nSPS) is 21.7. The Balaban J connectivity index is 2.42. The third kappa shape index (κ3) is 2.18. The van der Waals surface area contributed by atoms with E-state index in [0.29, 0.717) is 6.54 Å². The Morgan fingerprint density at radius 3 is 3.18 bits per heavy atom. The van der Waals surface area contributed by atoms with Crippen molar-refractivity contribution in [2.45, 2.75) is 19.4 Å². The van der Waals surface area contributed by atoms with Gasteiger partial charge in [-0.2, -0.15) is 0 Å². The van der Waals surface area contributed by atoms with E-state index in [-0.39, 0.29) is 11.9 Å². The van der Waals surface area contributed by atoms with Gasteiger partial charge in [-0.25, -0.2) is 0 Å². The van der Waals surface area contributed by atoms with Crippen molar-refractivity contribution in [3.8, 4) is 0 Å². The summed E-state index contributed by atoms with van der Waals surface area (Å²) >= 11 is 0. The lowest BCUT2D eigenvalue weighted by molar-refractivity contribution is -0.122. The van der Waals surface area contributed by atoms with Crippen molar-refractivity contribution in [3.05, 3.63) is 12.2 Å². The maximum absolute atomic E-state index is 11.1. The highest BCUT2D eigenvalue weighted by atomic mass is 16.2. The van der Waals surface area contributed by atoms with Crippen molar-refractivity contribution in [1.82, 2.24) is 5.32 Å². The number of carbonyl (C=O) groups excluding carboxylic acids is 1. The van der Waals surface area contributed by atoms with Crippen LogP contribution in [0.2, 0.25) is 0 Å². The summed E-state index contributed by atoms with van der Waals surface area (Å²) in [6.45, 7) is 2.58. The van der Waals surface area contributed by atoms with Gasteiger partial charge in [0.2, 0.25) is 5.91 Å². The highest BCUT2D eigenvalue weighted by Gasteiger charge is 2.14. The number of aliphatic imine (C=N–C) groups is 1. The first kappa shape index (κ1) is 7.98. The minimum Gasteiger partial charge on any atom is -0.355 e. The van der Waals surface area contributed by atoms with Crippen molar-refractivity contribution in [2.24, 2.45) is 4.99 Å². The lowest BCUT2D eigenvalue weighted by atomic mass is 10.1. The van der Waals surface area contributed by atoms with Crippen molar-refractivity contribution < 1.29 is 4.79 Å². The molecule has 3 nitrogen and oxygen atoms in total. The minimum absolute atomic E-state index is 0.0214. The molecule has 1 amide bonds. The van der Waals surface area contributed by atoms with Gasteiger partial charge in [-0.3, -0.25) is 9.79 Å². The zero-order chi connectivity index (χ0) is 8.10. The highest BCUT2D eigenvalue weighted by molar-refractivity contribution is 5.86. The van der Waals surface area contributed by atoms with E-state index >= 15 is 0 Å². The predicted octanol–water partition coefficient (Wildman–Crippen LogP) is 0.522. The van der Waals surface area contributed by atoms with Crippen LogP contribution in [0.25, 0.3) is 0 Å². The first-order chi connectivity index (χ1) is 5.34. The van der Waals surface area contributed by atoms with Crippen LogP contribution in [0.3, 0.4) is 0 Å². The second-order valence-electron chi connectivity index (χ2n) is 2.37. The maximum Gasteiger partial charge on any atom is 0.245 e. The standard InChI is InChI=1S/C8H12N2O/c1-2-9-8(11)7-5-3-4-6-10-7/h3-4,6-7H,2,5H2,1H3,(H,9,11)/t7-/m0/s1. The number of allylic oxidation sites excluding steroid dienone is 1. The average molecular weight is 152 g/mol. The van der Waals surface area contributed by atoms with Crippen LogP contribution in [0.15, 0.2) is 17.1 Å². The Morgan fingerprint density at radius 1 is 1.82 bits per heavy atom. The van der Waals surface area contributed by atoms with Gasteiger partial charge in [0.05, 0.1) is 0 Å². The lowest BCUT2D eigenvalue weighted by Gasteiger charge is -2.10. The molecule has 0 aromatic heterocycles. The minimum atomic E-state index is -0.194. The molecule has 1 rings (SSSR count). The van der Waals surface area contributed by atoms with Gasteiger partial charge in [-0.15, -0.1) is 0 Å². The first-order valence-corrected chi connectivity index (χ1v) is 3.80. The van der Waals surface area contributed by atoms with E-state index in [1.807, 2.05) is 19.1 Å². The molecular formula is C8H12N2O. The third-order valence-electron chi connectivity index (χ3n) is 1.50. The van der Waals surface area contributed by atoms with Crippen molar-refractivity contribution in [3.63, 3.8) is 0 Å². The molecule has 1 aliphatic rings. The van der Waals surface area contributed by atoms with Crippen LogP contribution in [0.1, 0.15) is 13.3 Å². The molecule has 0 aromatic rings. The molecule has 3 heteroatoms. The molecule has 0 spiro atoms. The fourth-order valence-corrected chi connectivity index (χ4v) is 0.950. The van der Waals surface area contributed by atoms with Crippen molar-refractivity contribution in [1.29, 1.82) is 0 Å². The Morgan fingerprint density at radius 2 is 2.64 bits per heavy atom. The van der Waals surface area contributed by atoms with E-state index in [1.54, 1.807) is 6.21 Å². The monoisotopic (exact) mass is 152 g/mol. The van der Waals surface area contributed by atoms with Gasteiger partial charge in [-0.1, -0.05) is 6.08 Å². The Hall–Kier alpha value is -1.12. The van der Waals surface area contributed by atoms with Crippen LogP contribution in [0.4, 0.5) is 0 Å². The number of nitrogens with zero attached hydrogens (tertiary/aromatic N) is 1. The molecule has 0 saturated heterocycles. The fourth-order valence-electron chi connectivity index (χ4n) is 0.950. The van der Waals surface area contributed by atoms with E-state index in [9.17, 15) is 4.79 Å². The zero-order valence-electron chi connectivity index (χ0n) is 6.58. The van der Waals surface area contributed by atoms with E-state index in [4.69, 9.17) is 0 Å². The Kier molecular flexibility index (Phi) is 2.83. The largest absolute Gasteiger partial charge is 0.355 e. The highest BCUT2D eigenvalue weighted by Crippen LogP contribution is 2.02. The molecule has 1 aliphatic heterocycles. The lowest BCUT2D eigenvalue weighted by Crippen LogP contribution is -2.33. The van der Waals surface area contributed by atoms with Gasteiger partial charge < -0.3 is 5.32 Å². The Labute approximate surface area is 66.2 Å². The summed E-state index contributed by atoms with van der Waals surface area (Å²) in [5.41, 5.74) is 0. The van der Waals surface area contributed by atoms with Gasteiger partial charge in [-0.05, 0) is 19.4 Å². The second-order valence-corrected chi connectivity index (χ2v) is 2.37. The smallest absolute Gasteiger partial charge is 0.245 e. The van der Waals surface area contributed by atoms with Gasteiger partial charge in [0.1, 0.15) is 6.04 Å².